The zero-order chi connectivity index (χ0) is 19.4. The molecule has 0 atom stereocenters. The summed E-state index contributed by atoms with van der Waals surface area (Å²) < 4.78 is 22.9. The molecule has 3 rings (SSSR count). The minimum Gasteiger partial charge on any atom is -0.322 e. The van der Waals surface area contributed by atoms with Crippen molar-refractivity contribution in [2.45, 2.75) is 4.90 Å². The van der Waals surface area contributed by atoms with E-state index < -0.39 is 9.84 Å². The molecule has 0 spiro atoms. The van der Waals surface area contributed by atoms with Crippen molar-refractivity contribution in [3.05, 3.63) is 95.6 Å². The first-order valence-electron chi connectivity index (χ1n) is 8.16. The maximum atomic E-state index is 12.4. The highest BCUT2D eigenvalue weighted by molar-refractivity contribution is 7.90. The van der Waals surface area contributed by atoms with Crippen LogP contribution in [0.1, 0.15) is 26.3 Å². The van der Waals surface area contributed by atoms with Crippen molar-refractivity contribution in [1.29, 1.82) is 0 Å². The van der Waals surface area contributed by atoms with Crippen molar-refractivity contribution in [1.82, 2.24) is 0 Å². The Labute approximate surface area is 157 Å². The molecule has 0 aliphatic carbocycles. The summed E-state index contributed by atoms with van der Waals surface area (Å²) in [6.07, 6.45) is 1.12. The Morgan fingerprint density at radius 2 is 1.22 bits per heavy atom. The Morgan fingerprint density at radius 3 is 1.78 bits per heavy atom. The summed E-state index contributed by atoms with van der Waals surface area (Å²) >= 11 is 0. The lowest BCUT2D eigenvalue weighted by Crippen LogP contribution is -2.12. The summed E-state index contributed by atoms with van der Waals surface area (Å²) in [5, 5.41) is 2.70. The molecule has 0 heterocycles. The van der Waals surface area contributed by atoms with E-state index >= 15 is 0 Å². The highest BCUT2D eigenvalue weighted by atomic mass is 32.2. The summed E-state index contributed by atoms with van der Waals surface area (Å²) in [6.45, 7) is 0. The molecule has 1 N–H and O–H groups in total. The average molecular weight is 379 g/mol. The van der Waals surface area contributed by atoms with Gasteiger partial charge in [-0.3, -0.25) is 9.59 Å². The standard InChI is InChI=1S/C21H17NO4S/c1-27(25,26)19-13-11-18(12-14-19)22-21(24)17-9-7-16(8-10-17)20(23)15-5-3-2-4-6-15/h2-14H,1H3,(H,22,24). The number of hydrogen-bond donors (Lipinski definition) is 1. The lowest BCUT2D eigenvalue weighted by molar-refractivity contribution is 0.102. The number of amides is 1. The van der Waals surface area contributed by atoms with Crippen molar-refractivity contribution in [3.8, 4) is 0 Å². The summed E-state index contributed by atoms with van der Waals surface area (Å²) in [7, 11) is -3.28. The van der Waals surface area contributed by atoms with Gasteiger partial charge in [0.15, 0.2) is 15.6 Å². The normalized spacial score (nSPS) is 11.0. The average Bonchev–Trinajstić information content (AvgIpc) is 2.68. The Morgan fingerprint density at radius 1 is 0.704 bits per heavy atom. The van der Waals surface area contributed by atoms with E-state index in [-0.39, 0.29) is 16.6 Å². The van der Waals surface area contributed by atoms with Gasteiger partial charge in [0.1, 0.15) is 0 Å². The van der Waals surface area contributed by atoms with E-state index in [4.69, 9.17) is 0 Å². The van der Waals surface area contributed by atoms with Crippen LogP contribution in [-0.2, 0) is 9.84 Å². The second kappa shape index (κ2) is 7.55. The van der Waals surface area contributed by atoms with E-state index in [9.17, 15) is 18.0 Å². The van der Waals surface area contributed by atoms with Gasteiger partial charge in [0.25, 0.3) is 5.91 Å². The van der Waals surface area contributed by atoms with Crippen LogP contribution in [0.15, 0.2) is 83.8 Å². The molecule has 136 valence electrons. The van der Waals surface area contributed by atoms with Gasteiger partial charge in [-0.15, -0.1) is 0 Å². The molecule has 0 saturated carbocycles. The first-order valence-corrected chi connectivity index (χ1v) is 10.0. The van der Waals surface area contributed by atoms with Gasteiger partial charge in [0, 0.05) is 28.6 Å². The van der Waals surface area contributed by atoms with E-state index in [1.54, 1.807) is 48.5 Å². The Balaban J connectivity index is 1.71. The molecule has 1 amide bonds. The van der Waals surface area contributed by atoms with Crippen LogP contribution < -0.4 is 5.32 Å². The zero-order valence-electron chi connectivity index (χ0n) is 14.5. The molecular formula is C21H17NO4S. The molecule has 0 bridgehead atoms. The fourth-order valence-electron chi connectivity index (χ4n) is 2.52. The number of sulfone groups is 1. The van der Waals surface area contributed by atoms with E-state index in [1.807, 2.05) is 6.07 Å². The maximum absolute atomic E-state index is 12.4. The molecule has 6 heteroatoms. The Hall–Kier alpha value is -3.25. The van der Waals surface area contributed by atoms with Crippen LogP contribution in [0, 0.1) is 0 Å². The Kier molecular flexibility index (Phi) is 5.19. The summed E-state index contributed by atoms with van der Waals surface area (Å²) in [5.74, 6) is -0.459. The fraction of sp³-hybridized carbons (Fsp3) is 0.0476. The third-order valence-electron chi connectivity index (χ3n) is 3.99. The summed E-state index contributed by atoms with van der Waals surface area (Å²) in [4.78, 5) is 24.9. The molecular weight excluding hydrogens is 362 g/mol. The maximum Gasteiger partial charge on any atom is 0.255 e. The molecule has 27 heavy (non-hydrogen) atoms. The van der Waals surface area contributed by atoms with Gasteiger partial charge < -0.3 is 5.32 Å². The van der Waals surface area contributed by atoms with Gasteiger partial charge in [0.2, 0.25) is 0 Å². The zero-order valence-corrected chi connectivity index (χ0v) is 15.4. The highest BCUT2D eigenvalue weighted by Gasteiger charge is 2.12. The molecule has 3 aromatic carbocycles. The van der Waals surface area contributed by atoms with Crippen LogP contribution in [0.25, 0.3) is 0 Å². The fourth-order valence-corrected chi connectivity index (χ4v) is 3.15. The van der Waals surface area contributed by atoms with Crippen molar-refractivity contribution in [3.63, 3.8) is 0 Å². The van der Waals surface area contributed by atoms with Crippen molar-refractivity contribution >= 4 is 27.2 Å². The minimum absolute atomic E-state index is 0.112. The number of carbonyl (C=O) groups excluding carboxylic acids is 2. The molecule has 0 aliphatic rings. The van der Waals surface area contributed by atoms with Crippen LogP contribution in [-0.4, -0.2) is 26.4 Å². The van der Waals surface area contributed by atoms with E-state index in [1.165, 1.54) is 24.3 Å². The molecule has 5 nitrogen and oxygen atoms in total. The molecule has 3 aromatic rings. The van der Waals surface area contributed by atoms with Gasteiger partial charge >= 0.3 is 0 Å². The lowest BCUT2D eigenvalue weighted by atomic mass is 10.0. The highest BCUT2D eigenvalue weighted by Crippen LogP contribution is 2.16. The number of carbonyl (C=O) groups is 2. The largest absolute Gasteiger partial charge is 0.322 e. The van der Waals surface area contributed by atoms with Crippen LogP contribution in [0.5, 0.6) is 0 Å². The van der Waals surface area contributed by atoms with Crippen molar-refractivity contribution in [2.75, 3.05) is 11.6 Å². The number of nitrogens with one attached hydrogen (secondary N) is 1. The van der Waals surface area contributed by atoms with Crippen LogP contribution in [0.4, 0.5) is 5.69 Å². The minimum atomic E-state index is -3.28. The smallest absolute Gasteiger partial charge is 0.255 e. The lowest BCUT2D eigenvalue weighted by Gasteiger charge is -2.07. The molecule has 0 unspecified atom stereocenters. The summed E-state index contributed by atoms with van der Waals surface area (Å²) in [5.41, 5.74) is 1.96. The molecule has 0 aliphatic heterocycles. The SMILES string of the molecule is CS(=O)(=O)c1ccc(NC(=O)c2ccc(C(=O)c3ccccc3)cc2)cc1. The predicted molar refractivity (Wildman–Crippen MR) is 104 cm³/mol. The first kappa shape index (κ1) is 18.5. The van der Waals surface area contributed by atoms with Crippen LogP contribution in [0.3, 0.4) is 0 Å². The molecule has 0 saturated heterocycles. The number of rotatable bonds is 5. The topological polar surface area (TPSA) is 80.3 Å². The van der Waals surface area contributed by atoms with Gasteiger partial charge in [-0.05, 0) is 36.4 Å². The van der Waals surface area contributed by atoms with Crippen LogP contribution in [0.2, 0.25) is 0 Å². The second-order valence-corrected chi connectivity index (χ2v) is 8.04. The molecule has 0 radical (unpaired) electrons. The van der Waals surface area contributed by atoms with Gasteiger partial charge in [-0.25, -0.2) is 8.42 Å². The number of hydrogen-bond acceptors (Lipinski definition) is 4. The number of anilines is 1. The van der Waals surface area contributed by atoms with Crippen molar-refractivity contribution < 1.29 is 18.0 Å². The monoisotopic (exact) mass is 379 g/mol. The quantitative estimate of drug-likeness (QED) is 0.687. The predicted octanol–water partition coefficient (Wildman–Crippen LogP) is 3.57. The molecule has 0 fully saturated rings. The van der Waals surface area contributed by atoms with Crippen LogP contribution >= 0.6 is 0 Å². The number of ketones is 1. The summed E-state index contributed by atoms with van der Waals surface area (Å²) in [6, 6.07) is 21.2. The van der Waals surface area contributed by atoms with Crippen molar-refractivity contribution in [2.24, 2.45) is 0 Å². The van der Waals surface area contributed by atoms with Gasteiger partial charge in [-0.2, -0.15) is 0 Å². The third kappa shape index (κ3) is 4.48. The van der Waals surface area contributed by atoms with Gasteiger partial charge in [-0.1, -0.05) is 42.5 Å². The van der Waals surface area contributed by atoms with E-state index in [2.05, 4.69) is 5.32 Å². The second-order valence-electron chi connectivity index (χ2n) is 6.02. The first-order chi connectivity index (χ1) is 12.8. The van der Waals surface area contributed by atoms with E-state index in [0.29, 0.717) is 22.4 Å². The third-order valence-corrected chi connectivity index (χ3v) is 5.11. The Bertz CT molecular complexity index is 1070. The molecule has 0 aromatic heterocycles. The van der Waals surface area contributed by atoms with Gasteiger partial charge in [0.05, 0.1) is 4.90 Å². The number of benzene rings is 3. The van der Waals surface area contributed by atoms with E-state index in [0.717, 1.165) is 6.26 Å².